The number of aryl methyl sites for hydroxylation is 1. The number of aromatic nitrogens is 1. The van der Waals surface area contributed by atoms with Crippen molar-refractivity contribution in [3.05, 3.63) is 76.2 Å². The number of amides is 1. The molecule has 6 heteroatoms. The van der Waals surface area contributed by atoms with Crippen LogP contribution in [0.5, 0.6) is 5.75 Å². The number of rotatable bonds is 19. The summed E-state index contributed by atoms with van der Waals surface area (Å²) in [5, 5.41) is 0. The van der Waals surface area contributed by atoms with Gasteiger partial charge in [-0.3, -0.25) is 4.79 Å². The molecule has 0 saturated carbocycles. The smallest absolute Gasteiger partial charge is 0.225 e. The number of hydrogen-bond donors (Lipinski definition) is 0. The molecule has 0 unspecified atom stereocenters. The molecule has 0 aliphatic heterocycles. The molecule has 0 radical (unpaired) electrons. The van der Waals surface area contributed by atoms with Crippen molar-refractivity contribution >= 4 is 22.9 Å². The molecular weight excluding hydrogens is 580 g/mol. The third kappa shape index (κ3) is 12.6. The predicted octanol–water partition coefficient (Wildman–Crippen LogP) is 6.03. The Kier molecular flexibility index (Phi) is 16.9. The maximum atomic E-state index is 12.7. The summed E-state index contributed by atoms with van der Waals surface area (Å²) in [4.78, 5) is 15.8. The average Bonchev–Trinajstić information content (AvgIpc) is 3.35. The molecular formula is C34H49BrN2O2S. The van der Waals surface area contributed by atoms with Crippen LogP contribution in [-0.4, -0.2) is 12.5 Å². The number of hydrogen-bond acceptors (Lipinski definition) is 3. The molecule has 40 heavy (non-hydrogen) atoms. The maximum absolute atomic E-state index is 12.7. The normalized spacial score (nSPS) is 10.8. The highest BCUT2D eigenvalue weighted by atomic mass is 79.9. The van der Waals surface area contributed by atoms with Gasteiger partial charge in [-0.2, -0.15) is 4.57 Å². The topological polar surface area (TPSA) is 33.4 Å². The van der Waals surface area contributed by atoms with Crippen LogP contribution in [0.15, 0.2) is 60.2 Å². The molecule has 1 heterocycles. The minimum Gasteiger partial charge on any atom is -1.00 e. The van der Waals surface area contributed by atoms with Crippen molar-refractivity contribution in [2.75, 3.05) is 11.5 Å². The molecule has 3 rings (SSSR count). The van der Waals surface area contributed by atoms with Gasteiger partial charge in [0.15, 0.2) is 12.7 Å². The SMILES string of the molecule is CCCCCCCCCCCCCCOc1ccc(CN(C(C)=O)c2ccccc2C[n+]2csc(C)c2)cc1.[Br-]. The van der Waals surface area contributed by atoms with Crippen LogP contribution in [0.3, 0.4) is 0 Å². The van der Waals surface area contributed by atoms with Crippen molar-refractivity contribution in [2.45, 2.75) is 111 Å². The van der Waals surface area contributed by atoms with Gasteiger partial charge in [-0.1, -0.05) is 119 Å². The van der Waals surface area contributed by atoms with Crippen molar-refractivity contribution in [1.29, 1.82) is 0 Å². The van der Waals surface area contributed by atoms with E-state index in [1.54, 1.807) is 18.3 Å². The zero-order chi connectivity index (χ0) is 27.7. The molecule has 2 aromatic carbocycles. The minimum absolute atomic E-state index is 0. The molecule has 0 fully saturated rings. The number of para-hydroxylation sites is 1. The molecule has 220 valence electrons. The Morgan fingerprint density at radius 1 is 0.850 bits per heavy atom. The van der Waals surface area contributed by atoms with Crippen molar-refractivity contribution < 1.29 is 31.1 Å². The summed E-state index contributed by atoms with van der Waals surface area (Å²) in [5.41, 5.74) is 5.32. The first-order valence-electron chi connectivity index (χ1n) is 15.1. The molecule has 1 aromatic heterocycles. The molecule has 0 aliphatic rings. The predicted molar refractivity (Wildman–Crippen MR) is 165 cm³/mol. The van der Waals surface area contributed by atoms with Crippen molar-refractivity contribution in [1.82, 2.24) is 0 Å². The van der Waals surface area contributed by atoms with Gasteiger partial charge in [0, 0.05) is 12.5 Å². The van der Waals surface area contributed by atoms with Crippen molar-refractivity contribution in [3.63, 3.8) is 0 Å². The Bertz CT molecular complexity index is 1100. The molecule has 4 nitrogen and oxygen atoms in total. The van der Waals surface area contributed by atoms with Gasteiger partial charge in [0.05, 0.1) is 23.7 Å². The van der Waals surface area contributed by atoms with Gasteiger partial charge in [-0.15, -0.1) is 0 Å². The summed E-state index contributed by atoms with van der Waals surface area (Å²) in [6.07, 6.45) is 18.3. The molecule has 0 N–H and O–H groups in total. The fraction of sp³-hybridized carbons (Fsp3) is 0.529. The Labute approximate surface area is 257 Å². The van der Waals surface area contributed by atoms with Crippen LogP contribution in [0, 0.1) is 6.92 Å². The Morgan fingerprint density at radius 3 is 2.02 bits per heavy atom. The number of anilines is 1. The van der Waals surface area contributed by atoms with Gasteiger partial charge in [-0.05, 0) is 37.1 Å². The number of ether oxygens (including phenoxy) is 1. The number of carbonyl (C=O) groups is 1. The lowest BCUT2D eigenvalue weighted by molar-refractivity contribution is -0.683. The lowest BCUT2D eigenvalue weighted by Gasteiger charge is -2.23. The number of thiazole rings is 1. The van der Waals surface area contributed by atoms with E-state index in [2.05, 4.69) is 48.3 Å². The van der Waals surface area contributed by atoms with Crippen molar-refractivity contribution in [3.8, 4) is 5.75 Å². The first kappa shape index (κ1) is 34.0. The van der Waals surface area contributed by atoms with Gasteiger partial charge >= 0.3 is 0 Å². The third-order valence-electron chi connectivity index (χ3n) is 7.27. The molecule has 1 amide bonds. The molecule has 3 aromatic rings. The molecule has 0 bridgehead atoms. The number of unbranched alkanes of at least 4 members (excludes halogenated alkanes) is 11. The first-order chi connectivity index (χ1) is 19.1. The van der Waals surface area contributed by atoms with E-state index in [0.29, 0.717) is 6.54 Å². The third-order valence-corrected chi connectivity index (χ3v) is 8.12. The first-order valence-corrected chi connectivity index (χ1v) is 16.0. The fourth-order valence-electron chi connectivity index (χ4n) is 5.01. The van der Waals surface area contributed by atoms with E-state index in [9.17, 15) is 4.79 Å². The van der Waals surface area contributed by atoms with Gasteiger partial charge < -0.3 is 26.6 Å². The number of halogens is 1. The Hall–Kier alpha value is -2.18. The van der Waals surface area contributed by atoms with Gasteiger partial charge in [-0.25, -0.2) is 0 Å². The maximum Gasteiger partial charge on any atom is 0.225 e. The van der Waals surface area contributed by atoms with Crippen LogP contribution in [0.2, 0.25) is 0 Å². The van der Waals surface area contributed by atoms with E-state index in [4.69, 9.17) is 4.74 Å². The van der Waals surface area contributed by atoms with Crippen LogP contribution in [0.25, 0.3) is 0 Å². The van der Waals surface area contributed by atoms with Gasteiger partial charge in [0.1, 0.15) is 5.75 Å². The summed E-state index contributed by atoms with van der Waals surface area (Å²) in [7, 11) is 0. The second-order valence-corrected chi connectivity index (χ2v) is 11.8. The highest BCUT2D eigenvalue weighted by Crippen LogP contribution is 2.24. The summed E-state index contributed by atoms with van der Waals surface area (Å²) < 4.78 is 8.18. The van der Waals surface area contributed by atoms with Crippen LogP contribution in [0.4, 0.5) is 5.69 Å². The van der Waals surface area contributed by atoms with Crippen molar-refractivity contribution in [2.24, 2.45) is 0 Å². The zero-order valence-corrected chi connectivity index (χ0v) is 27.3. The molecule has 0 atom stereocenters. The molecule has 0 spiro atoms. The van der Waals surface area contributed by atoms with E-state index < -0.39 is 0 Å². The minimum atomic E-state index is 0. The van der Waals surface area contributed by atoms with E-state index >= 15 is 0 Å². The zero-order valence-electron chi connectivity index (χ0n) is 24.9. The van der Waals surface area contributed by atoms with E-state index in [1.807, 2.05) is 35.2 Å². The lowest BCUT2D eigenvalue weighted by atomic mass is 10.1. The van der Waals surface area contributed by atoms with E-state index in [-0.39, 0.29) is 22.9 Å². The quantitative estimate of drug-likeness (QED) is 0.120. The van der Waals surface area contributed by atoms with Crippen LogP contribution >= 0.6 is 11.3 Å². The van der Waals surface area contributed by atoms with Crippen LogP contribution in [-0.2, 0) is 17.9 Å². The van der Waals surface area contributed by atoms with Crippen LogP contribution < -0.4 is 31.2 Å². The summed E-state index contributed by atoms with van der Waals surface area (Å²) in [6.45, 7) is 8.09. The van der Waals surface area contributed by atoms with Gasteiger partial charge in [0.2, 0.25) is 11.4 Å². The monoisotopic (exact) mass is 628 g/mol. The van der Waals surface area contributed by atoms with E-state index in [1.165, 1.54) is 75.5 Å². The molecule has 0 aliphatic carbocycles. The van der Waals surface area contributed by atoms with Crippen LogP contribution in [0.1, 0.15) is 107 Å². The highest BCUT2D eigenvalue weighted by Gasteiger charge is 2.18. The second kappa shape index (κ2) is 19.8. The Balaban J connectivity index is 0.00000560. The van der Waals surface area contributed by atoms with E-state index in [0.717, 1.165) is 42.1 Å². The average molecular weight is 630 g/mol. The largest absolute Gasteiger partial charge is 1.00 e. The summed E-state index contributed by atoms with van der Waals surface area (Å²) in [6, 6.07) is 16.4. The summed E-state index contributed by atoms with van der Waals surface area (Å²) in [5.74, 6) is 0.946. The highest BCUT2D eigenvalue weighted by molar-refractivity contribution is 7.09. The standard InChI is InChI=1S/C34H49N2O2S.BrH/c1-4-5-6-7-8-9-10-11-12-13-14-17-24-38-33-22-20-31(21-23-33)26-36(30(3)37)34-19-16-15-18-32(34)27-35-25-29(2)39-28-35;/h15-16,18-23,25,28H,4-14,17,24,26-27H2,1-3H3;1H/q+1;/p-1. The second-order valence-electron chi connectivity index (χ2n) is 10.8. The summed E-state index contributed by atoms with van der Waals surface area (Å²) >= 11 is 1.73. The number of benzene rings is 2. The fourth-order valence-corrected chi connectivity index (χ4v) is 5.64. The number of nitrogens with zero attached hydrogens (tertiary/aromatic N) is 2. The Morgan fingerprint density at radius 2 is 1.45 bits per heavy atom. The van der Waals surface area contributed by atoms with Gasteiger partial charge in [0.25, 0.3) is 0 Å². The molecule has 0 saturated heterocycles. The lowest BCUT2D eigenvalue weighted by Crippen LogP contribution is -3.00. The number of carbonyl (C=O) groups excluding carboxylic acids is 1.